The molecule has 0 unspecified atom stereocenters. The molecule has 1 aromatic heterocycles. The summed E-state index contributed by atoms with van der Waals surface area (Å²) in [5.74, 6) is 0.537. The molecule has 2 rings (SSSR count). The lowest BCUT2D eigenvalue weighted by atomic mass is 10.0. The van der Waals surface area contributed by atoms with Gasteiger partial charge in [-0.3, -0.25) is 10.1 Å². The van der Waals surface area contributed by atoms with Gasteiger partial charge < -0.3 is 10.6 Å². The Morgan fingerprint density at radius 3 is 2.63 bits per heavy atom. The first-order chi connectivity index (χ1) is 9.12. The zero-order valence-corrected chi connectivity index (χ0v) is 11.3. The molecule has 0 atom stereocenters. The van der Waals surface area contributed by atoms with Crippen molar-refractivity contribution >= 4 is 17.3 Å². The number of aromatic nitrogens is 2. The standard InChI is InChI=1S/C12H19N5O2/c1-3-4-12(5-6-12)7-14-11-9(17(18)19)10(13-2)15-8-16-11/h8H,3-7H2,1-2H3,(H2,13,14,15,16). The van der Waals surface area contributed by atoms with E-state index in [0.29, 0.717) is 11.2 Å². The molecule has 7 nitrogen and oxygen atoms in total. The lowest BCUT2D eigenvalue weighted by molar-refractivity contribution is -0.383. The van der Waals surface area contributed by atoms with Crippen molar-refractivity contribution < 1.29 is 4.92 Å². The van der Waals surface area contributed by atoms with Crippen LogP contribution in [0.5, 0.6) is 0 Å². The molecule has 0 saturated heterocycles. The van der Waals surface area contributed by atoms with Gasteiger partial charge in [0.2, 0.25) is 11.6 Å². The quantitative estimate of drug-likeness (QED) is 0.581. The Labute approximate surface area is 112 Å². The minimum atomic E-state index is -0.451. The Hall–Kier alpha value is -1.92. The molecule has 1 heterocycles. The van der Waals surface area contributed by atoms with E-state index in [-0.39, 0.29) is 11.5 Å². The summed E-state index contributed by atoms with van der Waals surface area (Å²) in [5.41, 5.74) is 0.227. The summed E-state index contributed by atoms with van der Waals surface area (Å²) in [6, 6.07) is 0. The van der Waals surface area contributed by atoms with E-state index in [1.807, 2.05) is 0 Å². The van der Waals surface area contributed by atoms with Gasteiger partial charge in [-0.1, -0.05) is 13.3 Å². The summed E-state index contributed by atoms with van der Waals surface area (Å²) in [7, 11) is 1.61. The number of hydrogen-bond acceptors (Lipinski definition) is 6. The molecule has 1 aliphatic carbocycles. The van der Waals surface area contributed by atoms with E-state index in [9.17, 15) is 10.1 Å². The summed E-state index contributed by atoms with van der Waals surface area (Å²) in [6.45, 7) is 2.90. The highest BCUT2D eigenvalue weighted by Crippen LogP contribution is 2.49. The maximum atomic E-state index is 11.1. The summed E-state index contributed by atoms with van der Waals surface area (Å²) in [5, 5.41) is 17.0. The molecule has 0 aliphatic heterocycles. The Kier molecular flexibility index (Phi) is 3.82. The Balaban J connectivity index is 2.14. The Bertz CT molecular complexity index is 473. The van der Waals surface area contributed by atoms with Gasteiger partial charge in [0.1, 0.15) is 6.33 Å². The number of nitrogens with zero attached hydrogens (tertiary/aromatic N) is 3. The predicted molar refractivity (Wildman–Crippen MR) is 73.3 cm³/mol. The van der Waals surface area contributed by atoms with Gasteiger partial charge in [-0.05, 0) is 24.7 Å². The van der Waals surface area contributed by atoms with Crippen LogP contribution in [-0.4, -0.2) is 28.5 Å². The highest BCUT2D eigenvalue weighted by atomic mass is 16.6. The number of hydrogen-bond donors (Lipinski definition) is 2. The number of anilines is 2. The topological polar surface area (TPSA) is 93.0 Å². The van der Waals surface area contributed by atoms with Crippen molar-refractivity contribution in [1.29, 1.82) is 0 Å². The largest absolute Gasteiger partial charge is 0.367 e. The predicted octanol–water partition coefficient (Wildman–Crippen LogP) is 2.42. The van der Waals surface area contributed by atoms with E-state index in [0.717, 1.165) is 19.4 Å². The van der Waals surface area contributed by atoms with Crippen molar-refractivity contribution in [2.75, 3.05) is 24.2 Å². The maximum absolute atomic E-state index is 11.1. The minimum Gasteiger partial charge on any atom is -0.367 e. The number of rotatable bonds is 7. The van der Waals surface area contributed by atoms with Crippen LogP contribution in [0.4, 0.5) is 17.3 Å². The van der Waals surface area contributed by atoms with E-state index < -0.39 is 4.92 Å². The van der Waals surface area contributed by atoms with Crippen LogP contribution in [0.25, 0.3) is 0 Å². The molecule has 0 aromatic carbocycles. The molecule has 7 heteroatoms. The summed E-state index contributed by atoms with van der Waals surface area (Å²) in [4.78, 5) is 18.5. The third-order valence-corrected chi connectivity index (χ3v) is 3.61. The van der Waals surface area contributed by atoms with E-state index in [2.05, 4.69) is 27.5 Å². The molecule has 19 heavy (non-hydrogen) atoms. The van der Waals surface area contributed by atoms with E-state index in [1.165, 1.54) is 19.2 Å². The zero-order valence-electron chi connectivity index (χ0n) is 11.3. The summed E-state index contributed by atoms with van der Waals surface area (Å²) >= 11 is 0. The maximum Gasteiger partial charge on any atom is 0.353 e. The van der Waals surface area contributed by atoms with Gasteiger partial charge in [0.15, 0.2) is 0 Å². The van der Waals surface area contributed by atoms with Crippen molar-refractivity contribution in [3.8, 4) is 0 Å². The van der Waals surface area contributed by atoms with Crippen LogP contribution in [0, 0.1) is 15.5 Å². The van der Waals surface area contributed by atoms with Crippen molar-refractivity contribution in [2.24, 2.45) is 5.41 Å². The smallest absolute Gasteiger partial charge is 0.353 e. The van der Waals surface area contributed by atoms with Crippen LogP contribution in [-0.2, 0) is 0 Å². The average Bonchev–Trinajstić information content (AvgIpc) is 3.16. The normalized spacial score (nSPS) is 15.9. The van der Waals surface area contributed by atoms with E-state index in [1.54, 1.807) is 7.05 Å². The lowest BCUT2D eigenvalue weighted by Crippen LogP contribution is -2.17. The first-order valence-corrected chi connectivity index (χ1v) is 6.53. The van der Waals surface area contributed by atoms with Crippen LogP contribution in [0.1, 0.15) is 32.6 Å². The Morgan fingerprint density at radius 2 is 2.11 bits per heavy atom. The molecule has 104 valence electrons. The van der Waals surface area contributed by atoms with Crippen LogP contribution < -0.4 is 10.6 Å². The zero-order chi connectivity index (χ0) is 13.9. The van der Waals surface area contributed by atoms with Gasteiger partial charge in [0.05, 0.1) is 4.92 Å². The third kappa shape index (κ3) is 2.91. The molecular formula is C12H19N5O2. The lowest BCUT2D eigenvalue weighted by Gasteiger charge is -2.15. The third-order valence-electron chi connectivity index (χ3n) is 3.61. The van der Waals surface area contributed by atoms with Gasteiger partial charge in [-0.15, -0.1) is 0 Å². The summed E-state index contributed by atoms with van der Waals surface area (Å²) in [6.07, 6.45) is 5.99. The van der Waals surface area contributed by atoms with Crippen molar-refractivity contribution in [3.05, 3.63) is 16.4 Å². The SMILES string of the molecule is CCCC1(CNc2ncnc(NC)c2[N+](=O)[O-])CC1. The monoisotopic (exact) mass is 265 g/mol. The van der Waals surface area contributed by atoms with Crippen molar-refractivity contribution in [2.45, 2.75) is 32.6 Å². The van der Waals surface area contributed by atoms with Gasteiger partial charge in [0.25, 0.3) is 0 Å². The molecular weight excluding hydrogens is 246 g/mol. The second-order valence-electron chi connectivity index (χ2n) is 5.03. The number of nitro groups is 1. The van der Waals surface area contributed by atoms with Crippen molar-refractivity contribution in [3.63, 3.8) is 0 Å². The molecule has 0 radical (unpaired) electrons. The van der Waals surface area contributed by atoms with E-state index in [4.69, 9.17) is 0 Å². The van der Waals surface area contributed by atoms with Crippen molar-refractivity contribution in [1.82, 2.24) is 9.97 Å². The molecule has 1 fully saturated rings. The second-order valence-corrected chi connectivity index (χ2v) is 5.03. The van der Waals surface area contributed by atoms with E-state index >= 15 is 0 Å². The van der Waals surface area contributed by atoms with Crippen LogP contribution >= 0.6 is 0 Å². The molecule has 1 aromatic rings. The van der Waals surface area contributed by atoms with Crippen LogP contribution in [0.3, 0.4) is 0 Å². The highest BCUT2D eigenvalue weighted by molar-refractivity contribution is 5.69. The Morgan fingerprint density at radius 1 is 1.42 bits per heavy atom. The fraction of sp³-hybridized carbons (Fsp3) is 0.667. The fourth-order valence-corrected chi connectivity index (χ4v) is 2.36. The minimum absolute atomic E-state index is 0.0858. The first kappa shape index (κ1) is 13.5. The fourth-order valence-electron chi connectivity index (χ4n) is 2.36. The van der Waals surface area contributed by atoms with Gasteiger partial charge in [-0.2, -0.15) is 0 Å². The van der Waals surface area contributed by atoms with Gasteiger partial charge in [-0.25, -0.2) is 9.97 Å². The average molecular weight is 265 g/mol. The molecule has 1 saturated carbocycles. The molecule has 0 bridgehead atoms. The molecule has 1 aliphatic rings. The molecule has 2 N–H and O–H groups in total. The van der Waals surface area contributed by atoms with Gasteiger partial charge >= 0.3 is 5.69 Å². The van der Waals surface area contributed by atoms with Crippen LogP contribution in [0.15, 0.2) is 6.33 Å². The molecule has 0 amide bonds. The highest BCUT2D eigenvalue weighted by Gasteiger charge is 2.41. The second kappa shape index (κ2) is 5.38. The van der Waals surface area contributed by atoms with Gasteiger partial charge in [0, 0.05) is 13.6 Å². The first-order valence-electron chi connectivity index (χ1n) is 6.53. The molecule has 0 spiro atoms. The van der Waals surface area contributed by atoms with Crippen LogP contribution in [0.2, 0.25) is 0 Å². The number of nitrogens with one attached hydrogen (secondary N) is 2. The summed E-state index contributed by atoms with van der Waals surface area (Å²) < 4.78 is 0.